The topological polar surface area (TPSA) is 74.7 Å². The molecule has 6 heteroatoms. The Labute approximate surface area is 99.7 Å². The van der Waals surface area contributed by atoms with Crippen LogP contribution in [-0.4, -0.2) is 36.1 Å². The molecule has 0 aromatic heterocycles. The van der Waals surface area contributed by atoms with Crippen molar-refractivity contribution in [3.8, 4) is 0 Å². The molecular formula is C11H13NO4S. The van der Waals surface area contributed by atoms with Crippen LogP contribution < -0.4 is 0 Å². The van der Waals surface area contributed by atoms with Crippen LogP contribution in [0.15, 0.2) is 24.3 Å². The number of aliphatic carboxylic acids is 1. The van der Waals surface area contributed by atoms with Gasteiger partial charge < -0.3 is 5.11 Å². The molecule has 1 aliphatic heterocycles. The number of carboxylic acid groups (broad SMARTS) is 1. The fourth-order valence-corrected chi connectivity index (χ4v) is 3.06. The van der Waals surface area contributed by atoms with Crippen LogP contribution in [0.1, 0.15) is 11.1 Å². The Morgan fingerprint density at radius 1 is 1.35 bits per heavy atom. The van der Waals surface area contributed by atoms with Gasteiger partial charge in [0.25, 0.3) is 0 Å². The Hall–Kier alpha value is -1.40. The normalized spacial score (nSPS) is 20.9. The van der Waals surface area contributed by atoms with Crippen molar-refractivity contribution in [1.82, 2.24) is 4.31 Å². The molecular weight excluding hydrogens is 242 g/mol. The van der Waals surface area contributed by atoms with E-state index >= 15 is 0 Å². The highest BCUT2D eigenvalue weighted by Crippen LogP contribution is 2.25. The van der Waals surface area contributed by atoms with Gasteiger partial charge in [-0.3, -0.25) is 4.79 Å². The minimum absolute atomic E-state index is 0.131. The highest BCUT2D eigenvalue weighted by atomic mass is 32.2. The number of fused-ring (bicyclic) bond motifs is 1. The first-order chi connectivity index (χ1) is 7.89. The van der Waals surface area contributed by atoms with E-state index in [1.807, 2.05) is 24.3 Å². The van der Waals surface area contributed by atoms with E-state index in [0.29, 0.717) is 0 Å². The van der Waals surface area contributed by atoms with Gasteiger partial charge >= 0.3 is 5.97 Å². The van der Waals surface area contributed by atoms with Gasteiger partial charge in [-0.2, -0.15) is 4.31 Å². The van der Waals surface area contributed by atoms with Gasteiger partial charge in [0, 0.05) is 13.0 Å². The van der Waals surface area contributed by atoms with Crippen LogP contribution in [0.3, 0.4) is 0 Å². The van der Waals surface area contributed by atoms with Crippen molar-refractivity contribution < 1.29 is 18.3 Å². The molecule has 1 aliphatic rings. The fraction of sp³-hybridized carbons (Fsp3) is 0.364. The Morgan fingerprint density at radius 2 is 1.94 bits per heavy atom. The van der Waals surface area contributed by atoms with Crippen molar-refractivity contribution in [2.75, 3.05) is 6.26 Å². The molecule has 1 aromatic rings. The van der Waals surface area contributed by atoms with Gasteiger partial charge in [-0.25, -0.2) is 8.42 Å². The summed E-state index contributed by atoms with van der Waals surface area (Å²) in [5.41, 5.74) is 1.77. The lowest BCUT2D eigenvalue weighted by Crippen LogP contribution is -2.48. The van der Waals surface area contributed by atoms with Gasteiger partial charge in [0.05, 0.1) is 6.26 Å². The lowest BCUT2D eigenvalue weighted by Gasteiger charge is -2.32. The highest BCUT2D eigenvalue weighted by Gasteiger charge is 2.36. The van der Waals surface area contributed by atoms with E-state index in [2.05, 4.69) is 0 Å². The van der Waals surface area contributed by atoms with Gasteiger partial charge in [-0.1, -0.05) is 24.3 Å². The van der Waals surface area contributed by atoms with Crippen LogP contribution in [0.5, 0.6) is 0 Å². The van der Waals surface area contributed by atoms with E-state index in [4.69, 9.17) is 5.11 Å². The number of carboxylic acids is 1. The van der Waals surface area contributed by atoms with Crippen LogP contribution in [0.2, 0.25) is 0 Å². The van der Waals surface area contributed by atoms with E-state index in [1.54, 1.807) is 0 Å². The maximum atomic E-state index is 11.6. The summed E-state index contributed by atoms with van der Waals surface area (Å²) >= 11 is 0. The molecule has 0 saturated heterocycles. The molecule has 0 spiro atoms. The van der Waals surface area contributed by atoms with Crippen LogP contribution in [-0.2, 0) is 27.8 Å². The molecule has 5 nitrogen and oxygen atoms in total. The van der Waals surface area contributed by atoms with Crippen molar-refractivity contribution in [2.24, 2.45) is 0 Å². The van der Waals surface area contributed by atoms with Crippen molar-refractivity contribution in [3.63, 3.8) is 0 Å². The van der Waals surface area contributed by atoms with E-state index in [9.17, 15) is 13.2 Å². The summed E-state index contributed by atoms with van der Waals surface area (Å²) < 4.78 is 24.2. The summed E-state index contributed by atoms with van der Waals surface area (Å²) in [5, 5.41) is 9.09. The fourth-order valence-electron chi connectivity index (χ4n) is 2.06. The number of nitrogens with zero attached hydrogens (tertiary/aromatic N) is 1. The zero-order valence-electron chi connectivity index (χ0n) is 9.33. The van der Waals surface area contributed by atoms with Crippen molar-refractivity contribution in [3.05, 3.63) is 35.4 Å². The predicted octanol–water partition coefficient (Wildman–Crippen LogP) is 0.457. The Kier molecular flexibility index (Phi) is 2.92. The molecule has 92 valence electrons. The molecule has 0 bridgehead atoms. The monoisotopic (exact) mass is 255 g/mol. The van der Waals surface area contributed by atoms with Gasteiger partial charge in [0.1, 0.15) is 6.04 Å². The predicted molar refractivity (Wildman–Crippen MR) is 62.0 cm³/mol. The van der Waals surface area contributed by atoms with E-state index in [-0.39, 0.29) is 13.0 Å². The summed E-state index contributed by atoms with van der Waals surface area (Å²) in [6.45, 7) is 0.131. The number of rotatable bonds is 2. The van der Waals surface area contributed by atoms with Crippen LogP contribution in [0.25, 0.3) is 0 Å². The first-order valence-corrected chi connectivity index (χ1v) is 7.01. The molecule has 2 rings (SSSR count). The van der Waals surface area contributed by atoms with Gasteiger partial charge in [0.2, 0.25) is 10.0 Å². The third-order valence-corrected chi connectivity index (χ3v) is 4.15. The first-order valence-electron chi connectivity index (χ1n) is 5.16. The van der Waals surface area contributed by atoms with E-state index in [0.717, 1.165) is 21.7 Å². The van der Waals surface area contributed by atoms with Gasteiger partial charge in [0.15, 0.2) is 0 Å². The zero-order valence-corrected chi connectivity index (χ0v) is 10.1. The molecule has 0 unspecified atom stereocenters. The molecule has 1 aromatic carbocycles. The summed E-state index contributed by atoms with van der Waals surface area (Å²) in [6.07, 6.45) is 1.26. The maximum absolute atomic E-state index is 11.6. The number of hydrogen-bond donors (Lipinski definition) is 1. The third-order valence-electron chi connectivity index (χ3n) is 2.92. The van der Waals surface area contributed by atoms with Crippen LogP contribution in [0.4, 0.5) is 0 Å². The molecule has 0 fully saturated rings. The second-order valence-electron chi connectivity index (χ2n) is 4.14. The summed E-state index contributed by atoms with van der Waals surface area (Å²) in [5.74, 6) is -1.11. The molecule has 0 radical (unpaired) electrons. The van der Waals surface area contributed by atoms with Crippen molar-refractivity contribution in [1.29, 1.82) is 0 Å². The minimum atomic E-state index is -3.51. The minimum Gasteiger partial charge on any atom is -0.480 e. The van der Waals surface area contributed by atoms with E-state index < -0.39 is 22.0 Å². The molecule has 1 N–H and O–H groups in total. The smallest absolute Gasteiger partial charge is 0.322 e. The van der Waals surface area contributed by atoms with Crippen LogP contribution >= 0.6 is 0 Å². The number of carbonyl (C=O) groups is 1. The average molecular weight is 255 g/mol. The lowest BCUT2D eigenvalue weighted by molar-refractivity contribution is -0.141. The highest BCUT2D eigenvalue weighted by molar-refractivity contribution is 7.88. The zero-order chi connectivity index (χ0) is 12.6. The molecule has 17 heavy (non-hydrogen) atoms. The Bertz CT molecular complexity index is 552. The SMILES string of the molecule is CS(=O)(=O)N1Cc2ccccc2C[C@@H]1C(=O)O. The molecule has 0 aliphatic carbocycles. The second-order valence-corrected chi connectivity index (χ2v) is 6.07. The number of hydrogen-bond acceptors (Lipinski definition) is 3. The third kappa shape index (κ3) is 2.32. The molecule has 0 saturated carbocycles. The lowest BCUT2D eigenvalue weighted by atomic mass is 9.96. The number of benzene rings is 1. The molecule has 1 heterocycles. The summed E-state index contributed by atoms with van der Waals surface area (Å²) in [4.78, 5) is 11.1. The second kappa shape index (κ2) is 4.12. The summed E-state index contributed by atoms with van der Waals surface area (Å²) in [7, 11) is -3.51. The van der Waals surface area contributed by atoms with Gasteiger partial charge in [-0.05, 0) is 11.1 Å². The van der Waals surface area contributed by atoms with Crippen molar-refractivity contribution >= 4 is 16.0 Å². The Balaban J connectivity index is 2.45. The Morgan fingerprint density at radius 3 is 2.47 bits per heavy atom. The van der Waals surface area contributed by atoms with E-state index in [1.165, 1.54) is 0 Å². The van der Waals surface area contributed by atoms with Gasteiger partial charge in [-0.15, -0.1) is 0 Å². The summed E-state index contributed by atoms with van der Waals surface area (Å²) in [6, 6.07) is 6.31. The number of sulfonamides is 1. The largest absolute Gasteiger partial charge is 0.480 e. The van der Waals surface area contributed by atoms with Crippen molar-refractivity contribution in [2.45, 2.75) is 19.0 Å². The standard InChI is InChI=1S/C11H13NO4S/c1-17(15,16)12-7-9-5-3-2-4-8(9)6-10(12)11(13)14/h2-5,10H,6-7H2,1H3,(H,13,14)/t10-/m1/s1. The molecule has 1 atom stereocenters. The van der Waals surface area contributed by atoms with Crippen LogP contribution in [0, 0.1) is 0 Å². The molecule has 0 amide bonds. The average Bonchev–Trinajstić information content (AvgIpc) is 2.26. The maximum Gasteiger partial charge on any atom is 0.322 e. The first kappa shape index (κ1) is 12.1. The quantitative estimate of drug-likeness (QED) is 0.833.